The number of amides is 1. The summed E-state index contributed by atoms with van der Waals surface area (Å²) in [7, 11) is 0. The first kappa shape index (κ1) is 19.9. The summed E-state index contributed by atoms with van der Waals surface area (Å²) in [6, 6.07) is 13.9. The zero-order valence-electron chi connectivity index (χ0n) is 16.8. The lowest BCUT2D eigenvalue weighted by Crippen LogP contribution is -2.46. The number of aryl methyl sites for hydroxylation is 1. The third-order valence-corrected chi connectivity index (χ3v) is 6.07. The van der Waals surface area contributed by atoms with Gasteiger partial charge in [0.1, 0.15) is 5.82 Å². The summed E-state index contributed by atoms with van der Waals surface area (Å²) in [5, 5.41) is 5.00. The van der Waals surface area contributed by atoms with Gasteiger partial charge in [-0.15, -0.1) is 0 Å². The summed E-state index contributed by atoms with van der Waals surface area (Å²) >= 11 is 3.46. The van der Waals surface area contributed by atoms with E-state index in [9.17, 15) is 4.79 Å². The first-order chi connectivity index (χ1) is 14.1. The number of carbonyl (C=O) groups is 1. The highest BCUT2D eigenvalue weighted by molar-refractivity contribution is 9.10. The Morgan fingerprint density at radius 2 is 1.83 bits per heavy atom. The van der Waals surface area contributed by atoms with Crippen LogP contribution in [0.5, 0.6) is 0 Å². The Hall–Kier alpha value is -2.44. The van der Waals surface area contributed by atoms with E-state index in [0.29, 0.717) is 5.56 Å². The van der Waals surface area contributed by atoms with Crippen molar-refractivity contribution in [3.63, 3.8) is 0 Å². The number of likely N-dealkylation sites (N-methyl/N-ethyl adjacent to an activating group) is 1. The summed E-state index contributed by atoms with van der Waals surface area (Å²) in [5.74, 6) is 0.828. The minimum atomic E-state index is -0.138. The molecular weight excluding hydrogens is 428 g/mol. The van der Waals surface area contributed by atoms with Crippen molar-refractivity contribution in [3.05, 3.63) is 64.3 Å². The lowest BCUT2D eigenvalue weighted by molar-refractivity contribution is 0.102. The Kier molecular flexibility index (Phi) is 5.83. The zero-order chi connectivity index (χ0) is 20.4. The fourth-order valence-electron chi connectivity index (χ4n) is 3.84. The molecule has 1 aliphatic rings. The van der Waals surface area contributed by atoms with Crippen LogP contribution in [-0.4, -0.2) is 48.5 Å². The molecule has 0 bridgehead atoms. The molecule has 2 heterocycles. The lowest BCUT2D eigenvalue weighted by Gasteiger charge is -2.35. The third kappa shape index (κ3) is 4.14. The van der Waals surface area contributed by atoms with Crippen LogP contribution in [0.25, 0.3) is 10.8 Å². The van der Waals surface area contributed by atoms with Crippen LogP contribution in [-0.2, 0) is 0 Å². The number of halogens is 1. The Balaban J connectivity index is 1.65. The van der Waals surface area contributed by atoms with Gasteiger partial charge in [0.25, 0.3) is 5.91 Å². The molecule has 1 amide bonds. The molecule has 150 valence electrons. The second kappa shape index (κ2) is 8.51. The maximum Gasteiger partial charge on any atom is 0.257 e. The quantitative estimate of drug-likeness (QED) is 0.622. The number of nitrogens with one attached hydrogen (secondary N) is 1. The second-order valence-electron chi connectivity index (χ2n) is 7.38. The number of aromatic nitrogens is 1. The first-order valence-electron chi connectivity index (χ1n) is 9.99. The zero-order valence-corrected chi connectivity index (χ0v) is 18.4. The van der Waals surface area contributed by atoms with E-state index in [1.807, 2.05) is 43.3 Å². The van der Waals surface area contributed by atoms with E-state index in [2.05, 4.69) is 44.0 Å². The fraction of sp³-hybridized carbons (Fsp3) is 0.304. The molecule has 1 N–H and O–H groups in total. The highest BCUT2D eigenvalue weighted by atomic mass is 79.9. The predicted octanol–water partition coefficient (Wildman–Crippen LogP) is 4.70. The van der Waals surface area contributed by atoms with Crippen molar-refractivity contribution in [1.82, 2.24) is 9.88 Å². The maximum atomic E-state index is 13.1. The molecule has 5 nitrogen and oxygen atoms in total. The van der Waals surface area contributed by atoms with Gasteiger partial charge in [0.15, 0.2) is 0 Å². The molecule has 0 saturated carbocycles. The molecule has 1 aliphatic heterocycles. The maximum absolute atomic E-state index is 13.1. The van der Waals surface area contributed by atoms with Crippen LogP contribution >= 0.6 is 15.9 Å². The summed E-state index contributed by atoms with van der Waals surface area (Å²) in [6.07, 6.45) is 1.72. The van der Waals surface area contributed by atoms with Crippen LogP contribution in [0.2, 0.25) is 0 Å². The van der Waals surface area contributed by atoms with E-state index in [0.717, 1.165) is 65.0 Å². The second-order valence-corrected chi connectivity index (χ2v) is 8.29. The smallest absolute Gasteiger partial charge is 0.257 e. The van der Waals surface area contributed by atoms with Crippen molar-refractivity contribution in [2.45, 2.75) is 13.8 Å². The van der Waals surface area contributed by atoms with Gasteiger partial charge in [-0.25, -0.2) is 4.98 Å². The van der Waals surface area contributed by atoms with Gasteiger partial charge in [-0.05, 0) is 42.6 Å². The average Bonchev–Trinajstić information content (AvgIpc) is 2.75. The van der Waals surface area contributed by atoms with Crippen LogP contribution in [0.15, 0.2) is 53.1 Å². The largest absolute Gasteiger partial charge is 0.354 e. The fourth-order valence-corrected chi connectivity index (χ4v) is 4.32. The minimum absolute atomic E-state index is 0.138. The number of nitrogens with zero attached hydrogens (tertiary/aromatic N) is 3. The van der Waals surface area contributed by atoms with Gasteiger partial charge in [-0.3, -0.25) is 4.79 Å². The number of carbonyl (C=O) groups excluding carboxylic acids is 1. The molecule has 3 aromatic rings. The summed E-state index contributed by atoms with van der Waals surface area (Å²) in [5.41, 5.74) is 2.41. The van der Waals surface area contributed by atoms with E-state index >= 15 is 0 Å². The van der Waals surface area contributed by atoms with Crippen LogP contribution < -0.4 is 10.2 Å². The summed E-state index contributed by atoms with van der Waals surface area (Å²) < 4.78 is 0.993. The predicted molar refractivity (Wildman–Crippen MR) is 123 cm³/mol. The van der Waals surface area contributed by atoms with Gasteiger partial charge >= 0.3 is 0 Å². The SMILES string of the molecule is CCN1CCN(c2ncc(C(=O)Nc3ccc(Br)cc3C)c3ccccc23)CC1. The molecule has 1 saturated heterocycles. The number of hydrogen-bond donors (Lipinski definition) is 1. The van der Waals surface area contributed by atoms with E-state index in [1.54, 1.807) is 6.20 Å². The highest BCUT2D eigenvalue weighted by Gasteiger charge is 2.21. The molecule has 0 atom stereocenters. The number of pyridine rings is 1. The standard InChI is InChI=1S/C23H25BrN4O/c1-3-27-10-12-28(13-11-27)22-19-7-5-4-6-18(19)20(15-25-22)23(29)26-21-9-8-17(24)14-16(21)2/h4-9,14-15H,3,10-13H2,1-2H3,(H,26,29). The van der Waals surface area contributed by atoms with Crippen molar-refractivity contribution >= 4 is 44.1 Å². The molecule has 2 aromatic carbocycles. The van der Waals surface area contributed by atoms with Crippen LogP contribution in [0.1, 0.15) is 22.8 Å². The van der Waals surface area contributed by atoms with Crippen molar-refractivity contribution in [1.29, 1.82) is 0 Å². The number of anilines is 2. The molecule has 0 unspecified atom stereocenters. The lowest BCUT2D eigenvalue weighted by atomic mass is 10.1. The number of rotatable bonds is 4. The summed E-state index contributed by atoms with van der Waals surface area (Å²) in [6.45, 7) is 9.24. The van der Waals surface area contributed by atoms with Crippen LogP contribution in [0, 0.1) is 6.92 Å². The topological polar surface area (TPSA) is 48.5 Å². The third-order valence-electron chi connectivity index (χ3n) is 5.57. The number of hydrogen-bond acceptors (Lipinski definition) is 4. The van der Waals surface area contributed by atoms with E-state index in [-0.39, 0.29) is 5.91 Å². The van der Waals surface area contributed by atoms with Gasteiger partial charge in [-0.1, -0.05) is 47.1 Å². The molecule has 1 fully saturated rings. The minimum Gasteiger partial charge on any atom is -0.354 e. The Morgan fingerprint density at radius 3 is 2.52 bits per heavy atom. The molecule has 29 heavy (non-hydrogen) atoms. The van der Waals surface area contributed by atoms with E-state index < -0.39 is 0 Å². The summed E-state index contributed by atoms with van der Waals surface area (Å²) in [4.78, 5) is 22.5. The molecule has 4 rings (SSSR count). The molecule has 0 spiro atoms. The Morgan fingerprint density at radius 1 is 1.10 bits per heavy atom. The van der Waals surface area contributed by atoms with Gasteiger partial charge < -0.3 is 15.1 Å². The van der Waals surface area contributed by atoms with Crippen molar-refractivity contribution in [3.8, 4) is 0 Å². The molecular formula is C23H25BrN4O. The van der Waals surface area contributed by atoms with Crippen molar-refractivity contribution in [2.24, 2.45) is 0 Å². The van der Waals surface area contributed by atoms with Gasteiger partial charge in [0.2, 0.25) is 0 Å². The van der Waals surface area contributed by atoms with Gasteiger partial charge in [0, 0.05) is 47.9 Å². The van der Waals surface area contributed by atoms with Crippen LogP contribution in [0.3, 0.4) is 0 Å². The van der Waals surface area contributed by atoms with Crippen LogP contribution in [0.4, 0.5) is 11.5 Å². The van der Waals surface area contributed by atoms with E-state index in [4.69, 9.17) is 4.98 Å². The van der Waals surface area contributed by atoms with E-state index in [1.165, 1.54) is 0 Å². The first-order valence-corrected chi connectivity index (χ1v) is 10.8. The highest BCUT2D eigenvalue weighted by Crippen LogP contribution is 2.29. The van der Waals surface area contributed by atoms with Gasteiger partial charge in [0.05, 0.1) is 5.56 Å². The monoisotopic (exact) mass is 452 g/mol. The Bertz CT molecular complexity index is 1040. The number of fused-ring (bicyclic) bond motifs is 1. The average molecular weight is 453 g/mol. The molecule has 0 aliphatic carbocycles. The Labute approximate surface area is 179 Å². The van der Waals surface area contributed by atoms with Gasteiger partial charge in [-0.2, -0.15) is 0 Å². The van der Waals surface area contributed by atoms with Crippen molar-refractivity contribution < 1.29 is 4.79 Å². The molecule has 0 radical (unpaired) electrons. The number of piperazine rings is 1. The molecule has 6 heteroatoms. The normalized spacial score (nSPS) is 14.9. The van der Waals surface area contributed by atoms with Crippen molar-refractivity contribution in [2.75, 3.05) is 42.9 Å². The molecule has 1 aromatic heterocycles. The number of benzene rings is 2.